The molecule has 3 N–H and O–H groups in total. The summed E-state index contributed by atoms with van der Waals surface area (Å²) in [6, 6.07) is 0.436. The molecule has 3 rings (SSSR count). The molecule has 2 atom stereocenters. The van der Waals surface area contributed by atoms with Gasteiger partial charge in [-0.25, -0.2) is 18.0 Å². The van der Waals surface area contributed by atoms with Gasteiger partial charge in [-0.3, -0.25) is 4.79 Å². The van der Waals surface area contributed by atoms with Crippen LogP contribution >= 0.6 is 0 Å². The molecule has 0 spiro atoms. The van der Waals surface area contributed by atoms with E-state index in [1.54, 1.807) is 6.92 Å². The van der Waals surface area contributed by atoms with E-state index in [-0.39, 0.29) is 43.5 Å². The number of pyridine rings is 1. The first-order valence-electron chi connectivity index (χ1n) is 8.72. The second-order valence-electron chi connectivity index (χ2n) is 6.69. The molecule has 2 heterocycles. The van der Waals surface area contributed by atoms with Crippen LogP contribution in [0.2, 0.25) is 0 Å². The summed E-state index contributed by atoms with van der Waals surface area (Å²) in [5.41, 5.74) is 3.39. The quantitative estimate of drug-likeness (QED) is 0.791. The molecule has 0 bridgehead atoms. The average molecular weight is 399 g/mol. The molecule has 1 fully saturated rings. The molecule has 2 unspecified atom stereocenters. The minimum Gasteiger partial charge on any atom is -0.477 e. The number of ether oxygens (including phenoxy) is 1. The van der Waals surface area contributed by atoms with Crippen molar-refractivity contribution in [1.29, 1.82) is 0 Å². The van der Waals surface area contributed by atoms with E-state index in [2.05, 4.69) is 0 Å². The molecule has 0 amide bonds. The first kappa shape index (κ1) is 20.2. The third-order valence-electron chi connectivity index (χ3n) is 4.78. The van der Waals surface area contributed by atoms with Gasteiger partial charge in [0, 0.05) is 25.3 Å². The molecule has 10 heteroatoms. The number of carbonyl (C=O) groups is 1. The largest absolute Gasteiger partial charge is 0.477 e. The van der Waals surface area contributed by atoms with Crippen molar-refractivity contribution in [3.8, 4) is 0 Å². The Bertz CT molecular complexity index is 977. The van der Waals surface area contributed by atoms with Crippen molar-refractivity contribution in [3.05, 3.63) is 39.7 Å². The van der Waals surface area contributed by atoms with E-state index >= 15 is 4.39 Å². The fourth-order valence-electron chi connectivity index (χ4n) is 3.38. The van der Waals surface area contributed by atoms with Gasteiger partial charge >= 0.3 is 5.97 Å². The standard InChI is InChI=1S/C18H20F3N3O4/c1-9(22)13-8-24(4-5-28-13)16-12(20)6-10-15(14(16)21)23(3-2-19)7-11(17(10)25)18(26)27/h6-7,9,13H,2-5,8,22H2,1H3,(H,26,27). The number of halogens is 3. The first-order valence-corrected chi connectivity index (χ1v) is 8.72. The molecule has 0 radical (unpaired) electrons. The van der Waals surface area contributed by atoms with Gasteiger partial charge in [0.15, 0.2) is 5.82 Å². The van der Waals surface area contributed by atoms with Crippen LogP contribution in [-0.2, 0) is 11.3 Å². The fourth-order valence-corrected chi connectivity index (χ4v) is 3.38. The summed E-state index contributed by atoms with van der Waals surface area (Å²) in [7, 11) is 0. The zero-order valence-corrected chi connectivity index (χ0v) is 15.1. The van der Waals surface area contributed by atoms with Crippen LogP contribution in [0.4, 0.5) is 18.9 Å². The molecule has 0 aliphatic carbocycles. The summed E-state index contributed by atoms with van der Waals surface area (Å²) in [6.45, 7) is 0.949. The maximum Gasteiger partial charge on any atom is 0.341 e. The van der Waals surface area contributed by atoms with Crippen molar-refractivity contribution in [3.63, 3.8) is 0 Å². The maximum atomic E-state index is 15.4. The molecule has 152 valence electrons. The van der Waals surface area contributed by atoms with E-state index in [0.29, 0.717) is 0 Å². The number of benzene rings is 1. The number of aromatic carboxylic acids is 1. The molecule has 1 aromatic carbocycles. The number of aromatic nitrogens is 1. The number of nitrogens with zero attached hydrogens (tertiary/aromatic N) is 2. The van der Waals surface area contributed by atoms with Crippen molar-refractivity contribution >= 4 is 22.6 Å². The Balaban J connectivity index is 2.24. The number of morpholine rings is 1. The van der Waals surface area contributed by atoms with Crippen LogP contribution in [-0.4, -0.2) is 54.2 Å². The lowest BCUT2D eigenvalue weighted by atomic mass is 10.1. The second-order valence-corrected chi connectivity index (χ2v) is 6.69. The first-order chi connectivity index (χ1) is 13.3. The monoisotopic (exact) mass is 399 g/mol. The number of carboxylic acid groups (broad SMARTS) is 1. The molecule has 1 aliphatic heterocycles. The zero-order valence-electron chi connectivity index (χ0n) is 15.1. The summed E-state index contributed by atoms with van der Waals surface area (Å²) >= 11 is 0. The summed E-state index contributed by atoms with van der Waals surface area (Å²) in [6.07, 6.45) is 0.437. The van der Waals surface area contributed by atoms with E-state index in [1.807, 2.05) is 0 Å². The summed E-state index contributed by atoms with van der Waals surface area (Å²) in [4.78, 5) is 25.1. The Morgan fingerprint density at radius 1 is 1.46 bits per heavy atom. The minimum atomic E-state index is -1.56. The van der Waals surface area contributed by atoms with Crippen LogP contribution < -0.4 is 16.1 Å². The lowest BCUT2D eigenvalue weighted by molar-refractivity contribution is 0.0272. The van der Waals surface area contributed by atoms with Gasteiger partial charge in [0.05, 0.1) is 30.2 Å². The van der Waals surface area contributed by atoms with Crippen LogP contribution in [0.25, 0.3) is 10.9 Å². The number of nitrogens with two attached hydrogens (primary N) is 1. The third kappa shape index (κ3) is 3.45. The highest BCUT2D eigenvalue weighted by Crippen LogP contribution is 2.31. The molecular weight excluding hydrogens is 379 g/mol. The van der Waals surface area contributed by atoms with Crippen molar-refractivity contribution in [2.45, 2.75) is 25.6 Å². The number of rotatable bonds is 5. The van der Waals surface area contributed by atoms with E-state index < -0.39 is 46.8 Å². The van der Waals surface area contributed by atoms with Crippen LogP contribution in [0.3, 0.4) is 0 Å². The predicted molar refractivity (Wildman–Crippen MR) is 96.7 cm³/mol. The summed E-state index contributed by atoms with van der Waals surface area (Å²) in [5.74, 6) is -3.62. The number of hydrogen-bond donors (Lipinski definition) is 2. The Kier molecular flexibility index (Phi) is 5.61. The van der Waals surface area contributed by atoms with Gasteiger partial charge < -0.3 is 25.0 Å². The lowest BCUT2D eigenvalue weighted by Crippen LogP contribution is -2.50. The van der Waals surface area contributed by atoms with Gasteiger partial charge in [-0.05, 0) is 13.0 Å². The number of anilines is 1. The van der Waals surface area contributed by atoms with Gasteiger partial charge in [0.1, 0.15) is 23.7 Å². The number of aryl methyl sites for hydroxylation is 1. The Labute approximate surface area is 158 Å². The summed E-state index contributed by atoms with van der Waals surface area (Å²) in [5, 5.41) is 8.71. The molecule has 1 aliphatic rings. The Hall–Kier alpha value is -2.59. The van der Waals surface area contributed by atoms with E-state index in [9.17, 15) is 18.4 Å². The van der Waals surface area contributed by atoms with E-state index in [1.165, 1.54) is 4.90 Å². The highest BCUT2D eigenvalue weighted by atomic mass is 19.1. The molecule has 28 heavy (non-hydrogen) atoms. The summed E-state index contributed by atoms with van der Waals surface area (Å²) < 4.78 is 49.6. The van der Waals surface area contributed by atoms with Gasteiger partial charge in [-0.15, -0.1) is 0 Å². The minimum absolute atomic E-state index is 0.136. The number of carboxylic acids is 1. The number of hydrogen-bond acceptors (Lipinski definition) is 5. The lowest BCUT2D eigenvalue weighted by Gasteiger charge is -2.36. The smallest absolute Gasteiger partial charge is 0.341 e. The number of alkyl halides is 1. The molecule has 1 aromatic heterocycles. The normalized spacial score (nSPS) is 18.5. The molecular formula is C18H20F3N3O4. The van der Waals surface area contributed by atoms with Crippen molar-refractivity contribution < 1.29 is 27.8 Å². The molecule has 7 nitrogen and oxygen atoms in total. The van der Waals surface area contributed by atoms with Crippen molar-refractivity contribution in [2.75, 3.05) is 31.3 Å². The van der Waals surface area contributed by atoms with Crippen molar-refractivity contribution in [1.82, 2.24) is 4.57 Å². The highest BCUT2D eigenvalue weighted by molar-refractivity contribution is 5.93. The van der Waals surface area contributed by atoms with Crippen LogP contribution in [0, 0.1) is 11.6 Å². The molecule has 0 saturated carbocycles. The second kappa shape index (κ2) is 7.80. The topological polar surface area (TPSA) is 97.8 Å². The van der Waals surface area contributed by atoms with Gasteiger partial charge in [0.25, 0.3) is 0 Å². The van der Waals surface area contributed by atoms with Crippen LogP contribution in [0.1, 0.15) is 17.3 Å². The van der Waals surface area contributed by atoms with Gasteiger partial charge in [-0.1, -0.05) is 0 Å². The zero-order chi connectivity index (χ0) is 20.6. The van der Waals surface area contributed by atoms with Gasteiger partial charge in [-0.2, -0.15) is 0 Å². The van der Waals surface area contributed by atoms with Crippen LogP contribution in [0.5, 0.6) is 0 Å². The van der Waals surface area contributed by atoms with Crippen molar-refractivity contribution in [2.24, 2.45) is 5.73 Å². The Morgan fingerprint density at radius 3 is 2.79 bits per heavy atom. The number of fused-ring (bicyclic) bond motifs is 1. The SMILES string of the molecule is CC(N)C1CN(c2c(F)cc3c(=O)c(C(=O)O)cn(CCF)c3c2F)CCO1. The fraction of sp³-hybridized carbons (Fsp3) is 0.444. The van der Waals surface area contributed by atoms with E-state index in [4.69, 9.17) is 15.6 Å². The molecule has 2 aromatic rings. The average Bonchev–Trinajstić information content (AvgIpc) is 2.64. The van der Waals surface area contributed by atoms with Crippen LogP contribution in [0.15, 0.2) is 17.1 Å². The Morgan fingerprint density at radius 2 is 2.18 bits per heavy atom. The predicted octanol–water partition coefficient (Wildman–Crippen LogP) is 1.50. The van der Waals surface area contributed by atoms with Gasteiger partial charge in [0.2, 0.25) is 5.43 Å². The highest BCUT2D eigenvalue weighted by Gasteiger charge is 2.30. The molecule has 1 saturated heterocycles. The maximum absolute atomic E-state index is 15.4. The third-order valence-corrected chi connectivity index (χ3v) is 4.78. The van der Waals surface area contributed by atoms with E-state index in [0.717, 1.165) is 16.8 Å².